The zero-order valence-corrected chi connectivity index (χ0v) is 19.5. The second kappa shape index (κ2) is 10.1. The molecule has 0 saturated carbocycles. The zero-order chi connectivity index (χ0) is 18.6. The quantitative estimate of drug-likeness (QED) is 0.390. The first-order valence-corrected chi connectivity index (χ1v) is 9.90. The van der Waals surface area contributed by atoms with Gasteiger partial charge in [-0.2, -0.15) is 0 Å². The lowest BCUT2D eigenvalue weighted by atomic mass is 9.93. The normalized spacial score (nSPS) is 21.8. The molecule has 0 bridgehead atoms. The topological polar surface area (TPSA) is 53.2 Å². The lowest BCUT2D eigenvalue weighted by Gasteiger charge is -2.33. The lowest BCUT2D eigenvalue weighted by molar-refractivity contribution is 0.0135. The molecular formula is C20H35IN4O2. The highest BCUT2D eigenvalue weighted by Crippen LogP contribution is 2.29. The fourth-order valence-electron chi connectivity index (χ4n) is 3.80. The summed E-state index contributed by atoms with van der Waals surface area (Å²) in [4.78, 5) is 9.84. The minimum absolute atomic E-state index is 0. The Morgan fingerprint density at radius 1 is 1.26 bits per heavy atom. The molecule has 154 valence electrons. The summed E-state index contributed by atoms with van der Waals surface area (Å²) in [7, 11) is 0. The molecule has 27 heavy (non-hydrogen) atoms. The number of rotatable bonds is 5. The molecule has 6 nitrogen and oxygen atoms in total. The summed E-state index contributed by atoms with van der Waals surface area (Å²) in [5, 5.41) is 3.48. The van der Waals surface area contributed by atoms with Gasteiger partial charge < -0.3 is 19.4 Å². The number of aliphatic imine (C=N–C) groups is 1. The molecule has 0 radical (unpaired) electrons. The number of hydrogen-bond acceptors (Lipinski definition) is 4. The number of nitrogens with zero attached hydrogens (tertiary/aromatic N) is 3. The molecule has 2 fully saturated rings. The van der Waals surface area contributed by atoms with E-state index in [4.69, 9.17) is 14.1 Å². The Labute approximate surface area is 180 Å². The van der Waals surface area contributed by atoms with E-state index in [1.54, 1.807) is 0 Å². The standard InChI is InChI=1S/C20H34N4O2.HI/c1-5-21-19(24-9-8-20(3,4)15-24)22-14-17(18-7-6-16(2)26-18)23-10-12-25-13-11-23;/h6-7,17H,5,8-15H2,1-4H3,(H,21,22);1H. The van der Waals surface area contributed by atoms with Crippen LogP contribution in [-0.2, 0) is 4.74 Å². The highest BCUT2D eigenvalue weighted by molar-refractivity contribution is 14.0. The summed E-state index contributed by atoms with van der Waals surface area (Å²) < 4.78 is 11.5. The Morgan fingerprint density at radius 3 is 2.56 bits per heavy atom. The van der Waals surface area contributed by atoms with Crippen molar-refractivity contribution in [1.82, 2.24) is 15.1 Å². The van der Waals surface area contributed by atoms with Gasteiger partial charge in [-0.1, -0.05) is 13.8 Å². The fraction of sp³-hybridized carbons (Fsp3) is 0.750. The number of morpholine rings is 1. The molecule has 2 aliphatic rings. The van der Waals surface area contributed by atoms with Gasteiger partial charge in [-0.3, -0.25) is 9.89 Å². The van der Waals surface area contributed by atoms with E-state index < -0.39 is 0 Å². The number of guanidine groups is 1. The fourth-order valence-corrected chi connectivity index (χ4v) is 3.80. The van der Waals surface area contributed by atoms with Crippen LogP contribution in [-0.4, -0.2) is 68.2 Å². The van der Waals surface area contributed by atoms with E-state index in [1.165, 1.54) is 6.42 Å². The summed E-state index contributed by atoms with van der Waals surface area (Å²) in [5.74, 6) is 2.99. The first-order chi connectivity index (χ1) is 12.5. The summed E-state index contributed by atoms with van der Waals surface area (Å²) >= 11 is 0. The number of halogens is 1. The monoisotopic (exact) mass is 490 g/mol. The van der Waals surface area contributed by atoms with Crippen LogP contribution >= 0.6 is 24.0 Å². The van der Waals surface area contributed by atoms with Crippen LogP contribution in [0.15, 0.2) is 21.5 Å². The van der Waals surface area contributed by atoms with Gasteiger partial charge in [0.25, 0.3) is 0 Å². The molecule has 1 aromatic rings. The van der Waals surface area contributed by atoms with Gasteiger partial charge in [0.2, 0.25) is 0 Å². The van der Waals surface area contributed by atoms with Gasteiger partial charge in [-0.15, -0.1) is 24.0 Å². The SMILES string of the molecule is CCNC(=NCC(c1ccc(C)o1)N1CCOCC1)N1CCC(C)(C)C1.I. The van der Waals surface area contributed by atoms with E-state index in [0.29, 0.717) is 12.0 Å². The Kier molecular flexibility index (Phi) is 8.42. The molecule has 0 amide bonds. The van der Waals surface area contributed by atoms with E-state index in [2.05, 4.69) is 42.0 Å². The van der Waals surface area contributed by atoms with Gasteiger partial charge in [0.05, 0.1) is 25.8 Å². The van der Waals surface area contributed by atoms with Crippen molar-refractivity contribution in [3.63, 3.8) is 0 Å². The third-order valence-corrected chi connectivity index (χ3v) is 5.30. The Bertz CT molecular complexity index is 611. The molecule has 2 saturated heterocycles. The van der Waals surface area contributed by atoms with Crippen LogP contribution in [0.2, 0.25) is 0 Å². The van der Waals surface area contributed by atoms with E-state index in [-0.39, 0.29) is 30.0 Å². The summed E-state index contributed by atoms with van der Waals surface area (Å²) in [6.45, 7) is 15.9. The van der Waals surface area contributed by atoms with E-state index in [9.17, 15) is 0 Å². The summed E-state index contributed by atoms with van der Waals surface area (Å²) in [6, 6.07) is 4.30. The van der Waals surface area contributed by atoms with Crippen LogP contribution in [0.4, 0.5) is 0 Å². The number of furan rings is 1. The van der Waals surface area contributed by atoms with Crippen LogP contribution in [0.25, 0.3) is 0 Å². The number of ether oxygens (including phenoxy) is 1. The van der Waals surface area contributed by atoms with E-state index in [0.717, 1.165) is 63.4 Å². The van der Waals surface area contributed by atoms with Crippen LogP contribution < -0.4 is 5.32 Å². The molecule has 1 atom stereocenters. The maximum Gasteiger partial charge on any atom is 0.194 e. The average molecular weight is 490 g/mol. The first-order valence-electron chi connectivity index (χ1n) is 9.90. The average Bonchev–Trinajstić information content (AvgIpc) is 3.20. The van der Waals surface area contributed by atoms with Crippen molar-refractivity contribution < 1.29 is 9.15 Å². The molecule has 2 aliphatic heterocycles. The molecule has 1 unspecified atom stereocenters. The van der Waals surface area contributed by atoms with Crippen molar-refractivity contribution in [2.75, 3.05) is 52.5 Å². The predicted octanol–water partition coefficient (Wildman–Crippen LogP) is 3.28. The van der Waals surface area contributed by atoms with Crippen LogP contribution in [0, 0.1) is 12.3 Å². The second-order valence-electron chi connectivity index (χ2n) is 8.14. The third kappa shape index (κ3) is 6.09. The Balaban J connectivity index is 0.00000261. The van der Waals surface area contributed by atoms with Gasteiger partial charge in [0.15, 0.2) is 5.96 Å². The minimum Gasteiger partial charge on any atom is -0.465 e. The number of aryl methyl sites for hydroxylation is 1. The van der Waals surface area contributed by atoms with E-state index >= 15 is 0 Å². The number of hydrogen-bond donors (Lipinski definition) is 1. The smallest absolute Gasteiger partial charge is 0.194 e. The zero-order valence-electron chi connectivity index (χ0n) is 17.2. The van der Waals surface area contributed by atoms with Gasteiger partial charge in [-0.05, 0) is 37.8 Å². The molecule has 0 aromatic carbocycles. The van der Waals surface area contributed by atoms with Gasteiger partial charge in [-0.25, -0.2) is 0 Å². The highest BCUT2D eigenvalue weighted by Gasteiger charge is 2.31. The maximum absolute atomic E-state index is 5.96. The minimum atomic E-state index is 0. The Morgan fingerprint density at radius 2 is 2.00 bits per heavy atom. The number of nitrogens with one attached hydrogen (secondary N) is 1. The van der Waals surface area contributed by atoms with Gasteiger partial charge in [0.1, 0.15) is 11.5 Å². The van der Waals surface area contributed by atoms with Crippen molar-refractivity contribution in [2.45, 2.75) is 40.2 Å². The Hall–Kier alpha value is -0.800. The molecule has 1 aromatic heterocycles. The summed E-state index contributed by atoms with van der Waals surface area (Å²) in [6.07, 6.45) is 1.21. The number of likely N-dealkylation sites (tertiary alicyclic amines) is 1. The van der Waals surface area contributed by atoms with Crippen molar-refractivity contribution in [1.29, 1.82) is 0 Å². The molecule has 0 aliphatic carbocycles. The molecule has 3 rings (SSSR count). The summed E-state index contributed by atoms with van der Waals surface area (Å²) in [5.41, 5.74) is 0.359. The van der Waals surface area contributed by atoms with Crippen LogP contribution in [0.3, 0.4) is 0 Å². The predicted molar refractivity (Wildman–Crippen MR) is 120 cm³/mol. The largest absolute Gasteiger partial charge is 0.465 e. The van der Waals surface area contributed by atoms with Crippen LogP contribution in [0.5, 0.6) is 0 Å². The lowest BCUT2D eigenvalue weighted by Crippen LogP contribution is -2.43. The van der Waals surface area contributed by atoms with Crippen molar-refractivity contribution in [3.05, 3.63) is 23.7 Å². The van der Waals surface area contributed by atoms with Gasteiger partial charge >= 0.3 is 0 Å². The maximum atomic E-state index is 5.96. The van der Waals surface area contributed by atoms with Crippen molar-refractivity contribution >= 4 is 29.9 Å². The second-order valence-corrected chi connectivity index (χ2v) is 8.14. The molecule has 0 spiro atoms. The molecule has 1 N–H and O–H groups in total. The van der Waals surface area contributed by atoms with Crippen molar-refractivity contribution in [3.8, 4) is 0 Å². The molecule has 3 heterocycles. The molecular weight excluding hydrogens is 455 g/mol. The van der Waals surface area contributed by atoms with Crippen molar-refractivity contribution in [2.24, 2.45) is 10.4 Å². The van der Waals surface area contributed by atoms with Gasteiger partial charge in [0, 0.05) is 32.7 Å². The van der Waals surface area contributed by atoms with Crippen LogP contribution in [0.1, 0.15) is 44.8 Å². The highest BCUT2D eigenvalue weighted by atomic mass is 127. The third-order valence-electron chi connectivity index (χ3n) is 5.30. The first kappa shape index (κ1) is 22.5. The van der Waals surface area contributed by atoms with E-state index in [1.807, 2.05) is 13.0 Å². The molecule has 7 heteroatoms.